The lowest BCUT2D eigenvalue weighted by molar-refractivity contribution is -0.114. The van der Waals surface area contributed by atoms with Crippen molar-refractivity contribution in [2.24, 2.45) is 0 Å². The molecule has 1 N–H and O–H groups in total. The van der Waals surface area contributed by atoms with E-state index in [0.717, 1.165) is 23.2 Å². The molecule has 4 nitrogen and oxygen atoms in total. The molecule has 0 saturated heterocycles. The highest BCUT2D eigenvalue weighted by atomic mass is 32.1. The smallest absolute Gasteiger partial charge is 0.221 e. The Labute approximate surface area is 102 Å². The molecule has 17 heavy (non-hydrogen) atoms. The predicted octanol–water partition coefficient (Wildman–Crippen LogP) is 2.58. The largest absolute Gasteiger partial charge is 0.326 e. The standard InChI is InChI=1S/C12H10N2O2S/c1-8(16)13-10-4-2-9(3-5-10)11-7-17-12(6-15)14-11/h2-7H,1H3,(H,13,16). The zero-order chi connectivity index (χ0) is 12.3. The summed E-state index contributed by atoms with van der Waals surface area (Å²) in [6.45, 7) is 1.46. The number of aromatic nitrogens is 1. The van der Waals surface area contributed by atoms with E-state index in [2.05, 4.69) is 10.3 Å². The van der Waals surface area contributed by atoms with E-state index in [1.807, 2.05) is 17.5 Å². The maximum absolute atomic E-state index is 10.8. The van der Waals surface area contributed by atoms with Crippen molar-refractivity contribution in [2.75, 3.05) is 5.32 Å². The van der Waals surface area contributed by atoms with Crippen molar-refractivity contribution in [3.05, 3.63) is 34.7 Å². The van der Waals surface area contributed by atoms with Gasteiger partial charge in [-0.3, -0.25) is 9.59 Å². The molecule has 86 valence electrons. The lowest BCUT2D eigenvalue weighted by Crippen LogP contribution is -2.05. The number of anilines is 1. The molecule has 1 heterocycles. The second kappa shape index (κ2) is 4.88. The van der Waals surface area contributed by atoms with Gasteiger partial charge in [-0.1, -0.05) is 12.1 Å². The van der Waals surface area contributed by atoms with E-state index < -0.39 is 0 Å². The SMILES string of the molecule is CC(=O)Nc1ccc(-c2csc(C=O)n2)cc1. The Morgan fingerprint density at radius 2 is 2.06 bits per heavy atom. The highest BCUT2D eigenvalue weighted by Crippen LogP contribution is 2.22. The Morgan fingerprint density at radius 1 is 1.35 bits per heavy atom. The number of carbonyl (C=O) groups is 2. The molecule has 1 amide bonds. The second-order valence-electron chi connectivity index (χ2n) is 3.45. The van der Waals surface area contributed by atoms with Crippen LogP contribution in [0.15, 0.2) is 29.6 Å². The third-order valence-corrected chi connectivity index (χ3v) is 2.89. The summed E-state index contributed by atoms with van der Waals surface area (Å²) in [6.07, 6.45) is 0.736. The van der Waals surface area contributed by atoms with E-state index in [4.69, 9.17) is 0 Å². The zero-order valence-electron chi connectivity index (χ0n) is 9.14. The minimum Gasteiger partial charge on any atom is -0.326 e. The predicted molar refractivity (Wildman–Crippen MR) is 67.2 cm³/mol. The number of aldehydes is 1. The third kappa shape index (κ3) is 2.76. The summed E-state index contributed by atoms with van der Waals surface area (Å²) in [7, 11) is 0. The summed E-state index contributed by atoms with van der Waals surface area (Å²) >= 11 is 1.31. The number of nitrogens with one attached hydrogen (secondary N) is 1. The van der Waals surface area contributed by atoms with Crippen LogP contribution in [-0.4, -0.2) is 17.2 Å². The first kappa shape index (κ1) is 11.5. The topological polar surface area (TPSA) is 59.1 Å². The first-order valence-corrected chi connectivity index (χ1v) is 5.86. The molecule has 0 atom stereocenters. The molecule has 0 saturated carbocycles. The second-order valence-corrected chi connectivity index (χ2v) is 4.34. The maximum Gasteiger partial charge on any atom is 0.221 e. The molecule has 2 aromatic rings. The molecule has 0 aliphatic carbocycles. The maximum atomic E-state index is 10.8. The van der Waals surface area contributed by atoms with Gasteiger partial charge in [0.05, 0.1) is 5.69 Å². The highest BCUT2D eigenvalue weighted by molar-refractivity contribution is 7.11. The van der Waals surface area contributed by atoms with Gasteiger partial charge in [-0.15, -0.1) is 11.3 Å². The van der Waals surface area contributed by atoms with Crippen molar-refractivity contribution in [2.45, 2.75) is 6.92 Å². The summed E-state index contributed by atoms with van der Waals surface area (Å²) in [6, 6.07) is 7.32. The van der Waals surface area contributed by atoms with Gasteiger partial charge in [0.15, 0.2) is 11.3 Å². The first-order valence-electron chi connectivity index (χ1n) is 4.98. The average molecular weight is 246 g/mol. The summed E-state index contributed by atoms with van der Waals surface area (Å²) in [4.78, 5) is 25.5. The van der Waals surface area contributed by atoms with Crippen molar-refractivity contribution in [3.63, 3.8) is 0 Å². The van der Waals surface area contributed by atoms with E-state index in [1.165, 1.54) is 18.3 Å². The Morgan fingerprint density at radius 3 is 2.59 bits per heavy atom. The number of carbonyl (C=O) groups excluding carboxylic acids is 2. The van der Waals surface area contributed by atoms with Crippen molar-refractivity contribution in [3.8, 4) is 11.3 Å². The molecule has 5 heteroatoms. The van der Waals surface area contributed by atoms with Crippen LogP contribution in [0.3, 0.4) is 0 Å². The molecule has 1 aromatic carbocycles. The van der Waals surface area contributed by atoms with Crippen molar-refractivity contribution in [1.82, 2.24) is 4.98 Å². The minimum atomic E-state index is -0.102. The molecule has 0 aliphatic heterocycles. The lowest BCUT2D eigenvalue weighted by atomic mass is 10.1. The summed E-state index contributed by atoms with van der Waals surface area (Å²) in [5.74, 6) is -0.102. The van der Waals surface area contributed by atoms with Crippen LogP contribution in [0.5, 0.6) is 0 Å². The highest BCUT2D eigenvalue weighted by Gasteiger charge is 2.04. The Kier molecular flexibility index (Phi) is 3.30. The average Bonchev–Trinajstić information content (AvgIpc) is 2.78. The van der Waals surface area contributed by atoms with Crippen LogP contribution in [0.2, 0.25) is 0 Å². The Hall–Kier alpha value is -2.01. The van der Waals surface area contributed by atoms with Crippen LogP contribution in [-0.2, 0) is 4.79 Å². The number of amides is 1. The molecule has 0 fully saturated rings. The summed E-state index contributed by atoms with van der Waals surface area (Å²) in [5, 5.41) is 4.98. The van der Waals surface area contributed by atoms with E-state index >= 15 is 0 Å². The van der Waals surface area contributed by atoms with Gasteiger partial charge in [-0.25, -0.2) is 4.98 Å². The first-order chi connectivity index (χ1) is 8.19. The monoisotopic (exact) mass is 246 g/mol. The van der Waals surface area contributed by atoms with Gasteiger partial charge >= 0.3 is 0 Å². The molecule has 2 rings (SSSR count). The van der Waals surface area contributed by atoms with Crippen LogP contribution in [0.1, 0.15) is 16.7 Å². The van der Waals surface area contributed by atoms with E-state index in [0.29, 0.717) is 5.01 Å². The van der Waals surface area contributed by atoms with Crippen molar-refractivity contribution < 1.29 is 9.59 Å². The number of thiazole rings is 1. The number of hydrogen-bond donors (Lipinski definition) is 1. The van der Waals surface area contributed by atoms with Gasteiger partial charge in [-0.05, 0) is 12.1 Å². The van der Waals surface area contributed by atoms with Crippen LogP contribution < -0.4 is 5.32 Å². The molecule has 0 spiro atoms. The number of nitrogens with zero attached hydrogens (tertiary/aromatic N) is 1. The minimum absolute atomic E-state index is 0.102. The Bertz CT molecular complexity index is 546. The quantitative estimate of drug-likeness (QED) is 0.847. The fraction of sp³-hybridized carbons (Fsp3) is 0.0833. The van der Waals surface area contributed by atoms with Gasteiger partial charge in [0, 0.05) is 23.6 Å². The fourth-order valence-electron chi connectivity index (χ4n) is 1.40. The summed E-state index contributed by atoms with van der Waals surface area (Å²) in [5.41, 5.74) is 2.43. The fourth-order valence-corrected chi connectivity index (χ4v) is 2.03. The van der Waals surface area contributed by atoms with E-state index in [-0.39, 0.29) is 5.91 Å². The summed E-state index contributed by atoms with van der Waals surface area (Å²) < 4.78 is 0. The normalized spacial score (nSPS) is 9.94. The van der Waals surface area contributed by atoms with Crippen LogP contribution in [0, 0.1) is 0 Å². The van der Waals surface area contributed by atoms with Gasteiger partial charge in [-0.2, -0.15) is 0 Å². The molecule has 0 aliphatic rings. The van der Waals surface area contributed by atoms with E-state index in [9.17, 15) is 9.59 Å². The van der Waals surface area contributed by atoms with Gasteiger partial charge in [0.2, 0.25) is 5.91 Å². The lowest BCUT2D eigenvalue weighted by Gasteiger charge is -2.02. The molecule has 0 bridgehead atoms. The van der Waals surface area contributed by atoms with Crippen molar-refractivity contribution >= 4 is 29.2 Å². The van der Waals surface area contributed by atoms with Gasteiger partial charge in [0.1, 0.15) is 0 Å². The molecular formula is C12H10N2O2S. The van der Waals surface area contributed by atoms with Crippen molar-refractivity contribution in [1.29, 1.82) is 0 Å². The van der Waals surface area contributed by atoms with Gasteiger partial charge < -0.3 is 5.32 Å². The number of benzene rings is 1. The van der Waals surface area contributed by atoms with E-state index in [1.54, 1.807) is 12.1 Å². The van der Waals surface area contributed by atoms with Gasteiger partial charge in [0.25, 0.3) is 0 Å². The number of hydrogen-bond acceptors (Lipinski definition) is 4. The molecular weight excluding hydrogens is 236 g/mol. The molecule has 0 unspecified atom stereocenters. The number of rotatable bonds is 3. The Balaban J connectivity index is 2.22. The van der Waals surface area contributed by atoms with Crippen LogP contribution >= 0.6 is 11.3 Å². The zero-order valence-corrected chi connectivity index (χ0v) is 9.95. The third-order valence-electron chi connectivity index (χ3n) is 2.12. The molecule has 0 radical (unpaired) electrons. The molecule has 1 aromatic heterocycles. The van der Waals surface area contributed by atoms with Crippen LogP contribution in [0.25, 0.3) is 11.3 Å². The van der Waals surface area contributed by atoms with Crippen LogP contribution in [0.4, 0.5) is 5.69 Å².